The lowest BCUT2D eigenvalue weighted by molar-refractivity contribution is 0.516. The van der Waals surface area contributed by atoms with Crippen LogP contribution in [-0.4, -0.2) is 36.6 Å². The Labute approximate surface area is 225 Å². The van der Waals surface area contributed by atoms with Gasteiger partial charge in [0, 0.05) is 36.8 Å². The summed E-state index contributed by atoms with van der Waals surface area (Å²) in [6, 6.07) is 7.31. The molecule has 4 rings (SSSR count). The number of halogens is 3. The molecule has 2 heterocycles. The van der Waals surface area contributed by atoms with E-state index in [1.165, 1.54) is 31.5 Å². The second-order valence-corrected chi connectivity index (χ2v) is 10.5. The molecule has 2 aromatic carbocycles. The molecule has 202 valence electrons. The molecule has 0 atom stereocenters. The third-order valence-corrected chi connectivity index (χ3v) is 7.92. The Morgan fingerprint density at radius 1 is 1.10 bits per heavy atom. The van der Waals surface area contributed by atoms with Gasteiger partial charge in [-0.05, 0) is 36.8 Å². The molecule has 0 aliphatic heterocycles. The normalized spacial score (nSPS) is 11.8. The highest BCUT2D eigenvalue weighted by atomic mass is 32.2. The number of thiazole rings is 1. The molecular weight excluding hydrogens is 553 g/mol. The molecule has 39 heavy (non-hydrogen) atoms. The molecule has 0 bridgehead atoms. The van der Waals surface area contributed by atoms with Gasteiger partial charge in [-0.15, -0.1) is 11.3 Å². The minimum atomic E-state index is -4.86. The van der Waals surface area contributed by atoms with Crippen LogP contribution >= 0.6 is 11.3 Å². The average Bonchev–Trinajstić information content (AvgIpc) is 3.35. The number of allylic oxidation sites excluding steroid dienone is 1. The molecular formula is C24H21F3N8O2S2. The van der Waals surface area contributed by atoms with Gasteiger partial charge in [-0.2, -0.15) is 0 Å². The van der Waals surface area contributed by atoms with Crippen LogP contribution in [0.4, 0.5) is 24.8 Å². The summed E-state index contributed by atoms with van der Waals surface area (Å²) in [6.45, 7) is 1.28. The first-order valence-corrected chi connectivity index (χ1v) is 13.4. The molecule has 0 saturated carbocycles. The molecule has 15 heteroatoms. The molecule has 0 aliphatic rings. The van der Waals surface area contributed by atoms with E-state index in [9.17, 15) is 17.2 Å². The fourth-order valence-electron chi connectivity index (χ4n) is 3.53. The van der Waals surface area contributed by atoms with E-state index in [1.807, 2.05) is 4.72 Å². The van der Waals surface area contributed by atoms with E-state index in [0.717, 1.165) is 35.8 Å². The van der Waals surface area contributed by atoms with Crippen molar-refractivity contribution in [3.05, 3.63) is 76.8 Å². The van der Waals surface area contributed by atoms with E-state index >= 15 is 4.39 Å². The highest BCUT2D eigenvalue weighted by Crippen LogP contribution is 2.40. The van der Waals surface area contributed by atoms with E-state index in [0.29, 0.717) is 10.6 Å². The number of nitrogens with two attached hydrogens (primary N) is 1. The van der Waals surface area contributed by atoms with E-state index in [1.54, 1.807) is 13.1 Å². The number of hydrogen-bond acceptors (Lipinski definition) is 10. The maximum absolute atomic E-state index is 15.9. The minimum absolute atomic E-state index is 0.0759. The van der Waals surface area contributed by atoms with Crippen LogP contribution in [0.25, 0.3) is 27.4 Å². The van der Waals surface area contributed by atoms with Gasteiger partial charge >= 0.3 is 0 Å². The topological polar surface area (TPSA) is 159 Å². The van der Waals surface area contributed by atoms with Gasteiger partial charge in [0.25, 0.3) is 10.0 Å². The van der Waals surface area contributed by atoms with Gasteiger partial charge in [0.15, 0.2) is 10.7 Å². The number of benzene rings is 2. The predicted molar refractivity (Wildman–Crippen MR) is 144 cm³/mol. The molecule has 0 saturated heterocycles. The molecule has 0 radical (unpaired) electrons. The Kier molecular flexibility index (Phi) is 7.94. The van der Waals surface area contributed by atoms with Crippen LogP contribution in [0, 0.1) is 29.8 Å². The minimum Gasteiger partial charge on any atom is -0.357 e. The van der Waals surface area contributed by atoms with Gasteiger partial charge in [-0.25, -0.2) is 36.5 Å². The second kappa shape index (κ2) is 11.2. The Balaban J connectivity index is 1.88. The van der Waals surface area contributed by atoms with Gasteiger partial charge in [0.1, 0.15) is 16.6 Å². The molecule has 0 spiro atoms. The molecule has 0 unspecified atom stereocenters. The van der Waals surface area contributed by atoms with Crippen molar-refractivity contribution in [2.75, 3.05) is 17.1 Å². The standard InChI is InChI=1S/C24H21F3N8O2S2/c1-12-6-7-15(25)22(18(12)26)39(36,37)35-16-5-3-4-14(19(16)27)20-21(17-8-9-31-24(30-2)33-17)38-23(34-20)13(10-28)11-32-29/h3-11,28,32,35H,29H2,1-2H3,(H,30,31,33)/b13-11+,28-10?. The first kappa shape index (κ1) is 27.7. The summed E-state index contributed by atoms with van der Waals surface area (Å²) < 4.78 is 72.5. The maximum Gasteiger partial charge on any atom is 0.267 e. The van der Waals surface area contributed by atoms with Gasteiger partial charge < -0.3 is 16.2 Å². The third-order valence-electron chi connectivity index (χ3n) is 5.39. The van der Waals surface area contributed by atoms with Crippen LogP contribution in [0.3, 0.4) is 0 Å². The van der Waals surface area contributed by atoms with Crippen molar-refractivity contribution in [3.8, 4) is 21.8 Å². The molecule has 10 nitrogen and oxygen atoms in total. The number of sulfonamides is 1. The van der Waals surface area contributed by atoms with Crippen LogP contribution in [0.5, 0.6) is 0 Å². The predicted octanol–water partition coefficient (Wildman–Crippen LogP) is 4.29. The highest BCUT2D eigenvalue weighted by molar-refractivity contribution is 7.92. The van der Waals surface area contributed by atoms with Crippen molar-refractivity contribution in [1.82, 2.24) is 20.4 Å². The van der Waals surface area contributed by atoms with Crippen molar-refractivity contribution in [3.63, 3.8) is 0 Å². The monoisotopic (exact) mass is 574 g/mol. The number of aromatic nitrogens is 3. The lowest BCUT2D eigenvalue weighted by Gasteiger charge is -2.13. The van der Waals surface area contributed by atoms with Crippen molar-refractivity contribution < 1.29 is 21.6 Å². The van der Waals surface area contributed by atoms with Gasteiger partial charge in [0.05, 0.1) is 22.0 Å². The lowest BCUT2D eigenvalue weighted by Crippen LogP contribution is -2.18. The first-order valence-electron chi connectivity index (χ1n) is 11.1. The summed E-state index contributed by atoms with van der Waals surface area (Å²) >= 11 is 1.08. The molecule has 0 amide bonds. The first-order chi connectivity index (χ1) is 18.6. The van der Waals surface area contributed by atoms with E-state index in [2.05, 4.69) is 25.7 Å². The van der Waals surface area contributed by atoms with Crippen LogP contribution in [0.1, 0.15) is 10.6 Å². The lowest BCUT2D eigenvalue weighted by atomic mass is 10.1. The van der Waals surface area contributed by atoms with Crippen molar-refractivity contribution in [1.29, 1.82) is 5.41 Å². The SMILES string of the molecule is CNc1nccc(-c2sc(/C(C=N)=C/NN)nc2-c2cccc(NS(=O)(=O)c3c(F)ccc(C)c3F)c2F)n1. The second-order valence-electron chi connectivity index (χ2n) is 7.90. The molecule has 6 N–H and O–H groups in total. The molecule has 0 fully saturated rings. The van der Waals surface area contributed by atoms with Gasteiger partial charge in [0.2, 0.25) is 5.95 Å². The smallest absolute Gasteiger partial charge is 0.267 e. The Hall–Kier alpha value is -4.34. The summed E-state index contributed by atoms with van der Waals surface area (Å²) in [5.74, 6) is 2.00. The number of nitrogens with zero attached hydrogens (tertiary/aromatic N) is 3. The van der Waals surface area contributed by atoms with E-state index < -0.39 is 38.1 Å². The Bertz CT molecular complexity index is 1710. The summed E-state index contributed by atoms with van der Waals surface area (Å²) in [5, 5.41) is 10.8. The van der Waals surface area contributed by atoms with Crippen LogP contribution in [0.15, 0.2) is 53.7 Å². The number of hydrazine groups is 1. The zero-order valence-corrected chi connectivity index (χ0v) is 22.0. The maximum atomic E-state index is 15.9. The number of anilines is 2. The zero-order chi connectivity index (χ0) is 28.3. The zero-order valence-electron chi connectivity index (χ0n) is 20.4. The summed E-state index contributed by atoms with van der Waals surface area (Å²) in [5.41, 5.74) is 2.26. The average molecular weight is 575 g/mol. The van der Waals surface area contributed by atoms with Gasteiger partial charge in [-0.1, -0.05) is 12.1 Å². The summed E-state index contributed by atoms with van der Waals surface area (Å²) in [7, 11) is -3.24. The summed E-state index contributed by atoms with van der Waals surface area (Å²) in [4.78, 5) is 12.1. The fraction of sp³-hybridized carbons (Fsp3) is 0.0833. The Morgan fingerprint density at radius 2 is 1.87 bits per heavy atom. The fourth-order valence-corrected chi connectivity index (χ4v) is 5.83. The molecule has 0 aliphatic carbocycles. The number of nitrogens with one attached hydrogen (secondary N) is 4. The third kappa shape index (κ3) is 5.45. The van der Waals surface area contributed by atoms with E-state index in [4.69, 9.17) is 11.3 Å². The quantitative estimate of drug-likeness (QED) is 0.113. The summed E-state index contributed by atoms with van der Waals surface area (Å²) in [6.07, 6.45) is 3.80. The van der Waals surface area contributed by atoms with Crippen LogP contribution < -0.4 is 21.3 Å². The van der Waals surface area contributed by atoms with Crippen molar-refractivity contribution >= 4 is 44.8 Å². The van der Waals surface area contributed by atoms with Crippen LogP contribution in [0.2, 0.25) is 0 Å². The Morgan fingerprint density at radius 3 is 2.56 bits per heavy atom. The van der Waals surface area contributed by atoms with Crippen molar-refractivity contribution in [2.24, 2.45) is 5.84 Å². The molecule has 4 aromatic rings. The largest absolute Gasteiger partial charge is 0.357 e. The highest BCUT2D eigenvalue weighted by Gasteiger charge is 2.28. The molecule has 2 aromatic heterocycles. The van der Waals surface area contributed by atoms with Crippen molar-refractivity contribution in [2.45, 2.75) is 11.8 Å². The number of hydrogen-bond donors (Lipinski definition) is 5. The number of rotatable bonds is 9. The van der Waals surface area contributed by atoms with Gasteiger partial charge in [-0.3, -0.25) is 10.6 Å². The van der Waals surface area contributed by atoms with E-state index in [-0.39, 0.29) is 33.3 Å². The van der Waals surface area contributed by atoms with Crippen LogP contribution in [-0.2, 0) is 10.0 Å². The number of aryl methyl sites for hydroxylation is 1.